The third-order valence-electron chi connectivity index (χ3n) is 3.35. The lowest BCUT2D eigenvalue weighted by molar-refractivity contribution is 0.173. The van der Waals surface area contributed by atoms with Gasteiger partial charge >= 0.3 is 0 Å². The molecule has 0 bridgehead atoms. The van der Waals surface area contributed by atoms with Gasteiger partial charge in [0.05, 0.1) is 4.47 Å². The normalized spacial score (nSPS) is 23.3. The van der Waals surface area contributed by atoms with Gasteiger partial charge < -0.3 is 14.8 Å². The average molecular weight is 313 g/mol. The van der Waals surface area contributed by atoms with E-state index in [1.807, 2.05) is 0 Å². The smallest absolute Gasteiger partial charge is 0.231 e. The Balaban J connectivity index is 1.75. The number of halogens is 1. The highest BCUT2D eigenvalue weighted by atomic mass is 79.9. The van der Waals surface area contributed by atoms with E-state index in [9.17, 15) is 0 Å². The van der Waals surface area contributed by atoms with Gasteiger partial charge in [-0.15, -0.1) is 0 Å². The summed E-state index contributed by atoms with van der Waals surface area (Å²) < 4.78 is 11.8. The van der Waals surface area contributed by atoms with Crippen LogP contribution in [0.4, 0.5) is 0 Å². The topological polar surface area (TPSA) is 33.7 Å². The van der Waals surface area contributed by atoms with Crippen molar-refractivity contribution >= 4 is 15.9 Å². The van der Waals surface area contributed by atoms with E-state index in [0.717, 1.165) is 42.2 Å². The van der Waals surface area contributed by atoms with Crippen molar-refractivity contribution < 1.29 is 9.47 Å². The minimum Gasteiger partial charge on any atom is -0.454 e. The van der Waals surface area contributed by atoms with E-state index in [1.165, 1.54) is 5.56 Å². The van der Waals surface area contributed by atoms with Crippen molar-refractivity contribution in [2.75, 3.05) is 26.4 Å². The van der Waals surface area contributed by atoms with E-state index < -0.39 is 0 Å². The first-order chi connectivity index (χ1) is 8.72. The molecule has 1 N–H and O–H groups in total. The van der Waals surface area contributed by atoms with Gasteiger partial charge in [-0.3, -0.25) is 4.90 Å². The number of fused-ring (bicyclic) bond motifs is 1. The van der Waals surface area contributed by atoms with E-state index in [1.54, 1.807) is 0 Å². The third kappa shape index (κ3) is 2.48. The number of piperazine rings is 1. The number of hydrogen-bond acceptors (Lipinski definition) is 4. The molecule has 3 rings (SSSR count). The molecule has 18 heavy (non-hydrogen) atoms. The molecule has 1 saturated heterocycles. The van der Waals surface area contributed by atoms with Crippen LogP contribution in [0.25, 0.3) is 0 Å². The fourth-order valence-corrected chi connectivity index (χ4v) is 3.13. The Morgan fingerprint density at radius 1 is 1.44 bits per heavy atom. The summed E-state index contributed by atoms with van der Waals surface area (Å²) in [4.78, 5) is 2.46. The summed E-state index contributed by atoms with van der Waals surface area (Å²) in [5.41, 5.74) is 1.26. The molecular weight excluding hydrogens is 296 g/mol. The zero-order chi connectivity index (χ0) is 12.5. The van der Waals surface area contributed by atoms with Crippen molar-refractivity contribution in [1.82, 2.24) is 10.2 Å². The van der Waals surface area contributed by atoms with Crippen LogP contribution in [0.1, 0.15) is 12.5 Å². The molecule has 0 radical (unpaired) electrons. The Labute approximate surface area is 115 Å². The highest BCUT2D eigenvalue weighted by molar-refractivity contribution is 9.10. The molecule has 0 saturated carbocycles. The van der Waals surface area contributed by atoms with Crippen molar-refractivity contribution in [3.63, 3.8) is 0 Å². The van der Waals surface area contributed by atoms with Crippen LogP contribution >= 0.6 is 15.9 Å². The van der Waals surface area contributed by atoms with Crippen LogP contribution in [-0.4, -0.2) is 37.4 Å². The molecule has 1 fully saturated rings. The first kappa shape index (κ1) is 12.3. The summed E-state index contributed by atoms with van der Waals surface area (Å²) in [6.07, 6.45) is 0. The van der Waals surface area contributed by atoms with E-state index in [2.05, 4.69) is 45.2 Å². The Morgan fingerprint density at radius 3 is 3.17 bits per heavy atom. The lowest BCUT2D eigenvalue weighted by atomic mass is 10.1. The van der Waals surface area contributed by atoms with Crippen LogP contribution in [-0.2, 0) is 6.54 Å². The lowest BCUT2D eigenvalue weighted by Crippen LogP contribution is -2.48. The second kappa shape index (κ2) is 5.07. The molecule has 2 heterocycles. The molecule has 2 aliphatic rings. The van der Waals surface area contributed by atoms with E-state index >= 15 is 0 Å². The summed E-state index contributed by atoms with van der Waals surface area (Å²) in [6, 6.07) is 4.77. The van der Waals surface area contributed by atoms with Crippen LogP contribution in [0.2, 0.25) is 0 Å². The van der Waals surface area contributed by atoms with Gasteiger partial charge in [0.25, 0.3) is 0 Å². The molecule has 2 aliphatic heterocycles. The maximum absolute atomic E-state index is 5.45. The monoisotopic (exact) mass is 312 g/mol. The molecule has 0 aromatic heterocycles. The number of nitrogens with zero attached hydrogens (tertiary/aromatic N) is 1. The Bertz CT molecular complexity index is 453. The van der Waals surface area contributed by atoms with Crippen molar-refractivity contribution in [1.29, 1.82) is 0 Å². The predicted octanol–water partition coefficient (Wildman–Crippen LogP) is 1.97. The average Bonchev–Trinajstić information content (AvgIpc) is 2.77. The second-order valence-corrected chi connectivity index (χ2v) is 5.76. The molecule has 5 heteroatoms. The van der Waals surface area contributed by atoms with Gasteiger partial charge in [0.1, 0.15) is 0 Å². The minimum atomic E-state index is 0.321. The quantitative estimate of drug-likeness (QED) is 0.905. The first-order valence-electron chi connectivity index (χ1n) is 6.26. The zero-order valence-electron chi connectivity index (χ0n) is 10.4. The van der Waals surface area contributed by atoms with Crippen LogP contribution in [0.15, 0.2) is 16.6 Å². The zero-order valence-corrected chi connectivity index (χ0v) is 12.0. The van der Waals surface area contributed by atoms with Crippen molar-refractivity contribution in [3.05, 3.63) is 22.2 Å². The van der Waals surface area contributed by atoms with Crippen LogP contribution in [0.3, 0.4) is 0 Å². The van der Waals surface area contributed by atoms with Gasteiger partial charge in [-0.05, 0) is 40.5 Å². The predicted molar refractivity (Wildman–Crippen MR) is 73.0 cm³/mol. The van der Waals surface area contributed by atoms with E-state index in [-0.39, 0.29) is 0 Å². The minimum absolute atomic E-state index is 0.321. The molecule has 0 spiro atoms. The largest absolute Gasteiger partial charge is 0.454 e. The third-order valence-corrected chi connectivity index (χ3v) is 3.94. The van der Waals surface area contributed by atoms with Crippen molar-refractivity contribution in [3.8, 4) is 11.5 Å². The molecule has 0 amide bonds. The molecule has 1 aromatic carbocycles. The summed E-state index contributed by atoms with van der Waals surface area (Å²) in [6.45, 7) is 6.75. The summed E-state index contributed by atoms with van der Waals surface area (Å²) in [7, 11) is 0. The van der Waals surface area contributed by atoms with Crippen LogP contribution in [0.5, 0.6) is 11.5 Å². The summed E-state index contributed by atoms with van der Waals surface area (Å²) in [5, 5.41) is 3.46. The van der Waals surface area contributed by atoms with Gasteiger partial charge in [-0.1, -0.05) is 0 Å². The van der Waals surface area contributed by atoms with Crippen LogP contribution in [0, 0.1) is 0 Å². The van der Waals surface area contributed by atoms with Gasteiger partial charge in [-0.2, -0.15) is 0 Å². The Hall–Kier alpha value is -0.780. The number of rotatable bonds is 2. The lowest BCUT2D eigenvalue weighted by Gasteiger charge is -2.31. The molecule has 1 unspecified atom stereocenters. The SMILES string of the molecule is CC1CN(Cc2cc(Br)c3c(c2)OCO3)CCN1. The van der Waals surface area contributed by atoms with Gasteiger partial charge in [0, 0.05) is 32.2 Å². The van der Waals surface area contributed by atoms with Crippen molar-refractivity contribution in [2.45, 2.75) is 19.5 Å². The molecule has 1 atom stereocenters. The molecule has 98 valence electrons. The summed E-state index contributed by atoms with van der Waals surface area (Å²) in [5.74, 6) is 1.68. The van der Waals surface area contributed by atoms with E-state index in [4.69, 9.17) is 9.47 Å². The number of hydrogen-bond donors (Lipinski definition) is 1. The standard InChI is InChI=1S/C13H17BrN2O2/c1-9-6-16(3-2-15-9)7-10-4-11(14)13-12(5-10)17-8-18-13/h4-5,9,15H,2-3,6-8H2,1H3. The van der Waals surface area contributed by atoms with Gasteiger partial charge in [0.2, 0.25) is 6.79 Å². The van der Waals surface area contributed by atoms with Gasteiger partial charge in [-0.25, -0.2) is 0 Å². The first-order valence-corrected chi connectivity index (χ1v) is 7.05. The molecule has 0 aliphatic carbocycles. The molecular formula is C13H17BrN2O2. The number of benzene rings is 1. The summed E-state index contributed by atoms with van der Waals surface area (Å²) >= 11 is 3.54. The maximum Gasteiger partial charge on any atom is 0.231 e. The fourth-order valence-electron chi connectivity index (χ4n) is 2.53. The number of nitrogens with one attached hydrogen (secondary N) is 1. The van der Waals surface area contributed by atoms with Gasteiger partial charge in [0.15, 0.2) is 11.5 Å². The second-order valence-electron chi connectivity index (χ2n) is 4.90. The highest BCUT2D eigenvalue weighted by Crippen LogP contribution is 2.40. The Kier molecular flexibility index (Phi) is 3.46. The van der Waals surface area contributed by atoms with Crippen molar-refractivity contribution in [2.24, 2.45) is 0 Å². The highest BCUT2D eigenvalue weighted by Gasteiger charge is 2.20. The molecule has 4 nitrogen and oxygen atoms in total. The Morgan fingerprint density at radius 2 is 2.33 bits per heavy atom. The maximum atomic E-state index is 5.45. The fraction of sp³-hybridized carbons (Fsp3) is 0.538. The van der Waals surface area contributed by atoms with Crippen LogP contribution < -0.4 is 14.8 Å². The molecule has 1 aromatic rings. The number of ether oxygens (including phenoxy) is 2. The van der Waals surface area contributed by atoms with E-state index in [0.29, 0.717) is 12.8 Å².